The Morgan fingerprint density at radius 1 is 1.43 bits per heavy atom. The van der Waals surface area contributed by atoms with Gasteiger partial charge in [0.05, 0.1) is 0 Å². The lowest BCUT2D eigenvalue weighted by Gasteiger charge is -1.95. The number of thiophene rings is 1. The quantitative estimate of drug-likeness (QED) is 0.795. The Morgan fingerprint density at radius 3 is 2.93 bits per heavy atom. The van der Waals surface area contributed by atoms with Crippen LogP contribution in [-0.2, 0) is 11.2 Å². The predicted molar refractivity (Wildman–Crippen MR) is 52.2 cm³/mol. The van der Waals surface area contributed by atoms with Crippen molar-refractivity contribution >= 4 is 27.4 Å². The van der Waals surface area contributed by atoms with E-state index in [4.69, 9.17) is 0 Å². The summed E-state index contributed by atoms with van der Waals surface area (Å²) in [4.78, 5) is 11.1. The SMILES string of the molecule is O=C([O-])Cc1cc2cc(O)ccc2s1. The third kappa shape index (κ3) is 1.70. The summed E-state index contributed by atoms with van der Waals surface area (Å²) in [7, 11) is 0. The zero-order valence-electron chi connectivity index (χ0n) is 7.19. The minimum Gasteiger partial charge on any atom is -0.550 e. The minimum atomic E-state index is -1.08. The van der Waals surface area contributed by atoms with Gasteiger partial charge in [-0.05, 0) is 29.7 Å². The van der Waals surface area contributed by atoms with Crippen LogP contribution < -0.4 is 5.11 Å². The first kappa shape index (κ1) is 9.02. The van der Waals surface area contributed by atoms with Crippen molar-refractivity contribution in [2.75, 3.05) is 0 Å². The van der Waals surface area contributed by atoms with Gasteiger partial charge in [0.1, 0.15) is 5.75 Å². The molecule has 72 valence electrons. The largest absolute Gasteiger partial charge is 0.550 e. The molecule has 1 N–H and O–H groups in total. The van der Waals surface area contributed by atoms with E-state index >= 15 is 0 Å². The van der Waals surface area contributed by atoms with Crippen LogP contribution in [0.3, 0.4) is 0 Å². The molecular formula is C10H7O3S-. The topological polar surface area (TPSA) is 60.4 Å². The number of carbonyl (C=O) groups excluding carboxylic acids is 1. The first-order chi connectivity index (χ1) is 6.65. The van der Waals surface area contributed by atoms with Gasteiger partial charge in [-0.2, -0.15) is 0 Å². The van der Waals surface area contributed by atoms with Gasteiger partial charge < -0.3 is 15.0 Å². The van der Waals surface area contributed by atoms with Crippen molar-refractivity contribution in [3.8, 4) is 5.75 Å². The van der Waals surface area contributed by atoms with Gasteiger partial charge in [0.2, 0.25) is 0 Å². The predicted octanol–water partition coefficient (Wildman–Crippen LogP) is 0.899. The van der Waals surface area contributed by atoms with Crippen LogP contribution in [-0.4, -0.2) is 11.1 Å². The van der Waals surface area contributed by atoms with E-state index in [2.05, 4.69) is 0 Å². The second-order valence-electron chi connectivity index (χ2n) is 2.98. The molecular weight excluding hydrogens is 200 g/mol. The van der Waals surface area contributed by atoms with Crippen molar-refractivity contribution in [1.82, 2.24) is 0 Å². The third-order valence-corrected chi connectivity index (χ3v) is 2.99. The molecule has 0 amide bonds. The number of phenols is 1. The molecule has 0 fully saturated rings. The third-order valence-electron chi connectivity index (χ3n) is 1.87. The van der Waals surface area contributed by atoms with Gasteiger partial charge in [-0.25, -0.2) is 0 Å². The Bertz CT molecular complexity index is 487. The molecule has 0 radical (unpaired) electrons. The highest BCUT2D eigenvalue weighted by Crippen LogP contribution is 2.28. The van der Waals surface area contributed by atoms with E-state index in [9.17, 15) is 15.0 Å². The van der Waals surface area contributed by atoms with E-state index in [1.165, 1.54) is 11.3 Å². The van der Waals surface area contributed by atoms with Gasteiger partial charge >= 0.3 is 0 Å². The molecule has 4 heteroatoms. The number of hydrogen-bond donors (Lipinski definition) is 1. The summed E-state index contributed by atoms with van der Waals surface area (Å²) in [6.45, 7) is 0. The molecule has 2 rings (SSSR count). The number of carbonyl (C=O) groups is 1. The van der Waals surface area contributed by atoms with Crippen molar-refractivity contribution in [3.05, 3.63) is 29.1 Å². The molecule has 14 heavy (non-hydrogen) atoms. The van der Waals surface area contributed by atoms with Crippen molar-refractivity contribution < 1.29 is 15.0 Å². The van der Waals surface area contributed by atoms with Crippen LogP contribution in [0.1, 0.15) is 4.88 Å². The molecule has 0 saturated carbocycles. The number of benzene rings is 1. The molecule has 1 aromatic heterocycles. The van der Waals surface area contributed by atoms with Crippen LogP contribution in [0.15, 0.2) is 24.3 Å². The van der Waals surface area contributed by atoms with E-state index in [1.54, 1.807) is 24.3 Å². The lowest BCUT2D eigenvalue weighted by Crippen LogP contribution is -2.23. The van der Waals surface area contributed by atoms with Gasteiger partial charge in [-0.3, -0.25) is 0 Å². The Balaban J connectivity index is 2.46. The minimum absolute atomic E-state index is 0.0693. The molecule has 2 aromatic rings. The highest BCUT2D eigenvalue weighted by Gasteiger charge is 2.02. The van der Waals surface area contributed by atoms with E-state index in [0.29, 0.717) is 0 Å². The standard InChI is InChI=1S/C10H8O3S/c11-7-1-2-9-6(3-7)4-8(14-9)5-10(12)13/h1-4,11H,5H2,(H,12,13)/p-1. The summed E-state index contributed by atoms with van der Waals surface area (Å²) < 4.78 is 0.971. The van der Waals surface area contributed by atoms with Gasteiger partial charge in [-0.1, -0.05) is 0 Å². The normalized spacial score (nSPS) is 10.6. The van der Waals surface area contributed by atoms with Gasteiger partial charge in [0.25, 0.3) is 0 Å². The Kier molecular flexibility index (Phi) is 2.13. The van der Waals surface area contributed by atoms with Crippen LogP contribution >= 0.6 is 11.3 Å². The molecule has 0 aliphatic heterocycles. The number of rotatable bonds is 2. The highest BCUT2D eigenvalue weighted by atomic mass is 32.1. The van der Waals surface area contributed by atoms with E-state index < -0.39 is 5.97 Å². The first-order valence-corrected chi connectivity index (χ1v) is 4.88. The highest BCUT2D eigenvalue weighted by molar-refractivity contribution is 7.19. The summed E-state index contributed by atoms with van der Waals surface area (Å²) in [5.74, 6) is -0.893. The fourth-order valence-electron chi connectivity index (χ4n) is 1.32. The Labute approximate surface area is 84.2 Å². The van der Waals surface area contributed by atoms with E-state index in [1.807, 2.05) is 0 Å². The number of fused-ring (bicyclic) bond motifs is 1. The summed E-state index contributed by atoms with van der Waals surface area (Å²) in [5, 5.41) is 20.4. The number of hydrogen-bond acceptors (Lipinski definition) is 4. The monoisotopic (exact) mass is 207 g/mol. The maximum Gasteiger partial charge on any atom is 0.116 e. The van der Waals surface area contributed by atoms with Gasteiger partial charge in [0.15, 0.2) is 0 Å². The van der Waals surface area contributed by atoms with Crippen LogP contribution in [0.25, 0.3) is 10.1 Å². The number of aliphatic carboxylic acids is 1. The van der Waals surface area contributed by atoms with Crippen LogP contribution in [0, 0.1) is 0 Å². The number of carboxylic acids is 1. The van der Waals surface area contributed by atoms with Crippen molar-refractivity contribution in [2.45, 2.75) is 6.42 Å². The lowest BCUT2D eigenvalue weighted by molar-refractivity contribution is -0.304. The molecule has 0 bridgehead atoms. The van der Waals surface area contributed by atoms with Crippen LogP contribution in [0.4, 0.5) is 0 Å². The molecule has 3 nitrogen and oxygen atoms in total. The summed E-state index contributed by atoms with van der Waals surface area (Å²) in [6, 6.07) is 6.73. The number of aromatic hydroxyl groups is 1. The molecule has 0 aliphatic rings. The Morgan fingerprint density at radius 2 is 2.21 bits per heavy atom. The maximum atomic E-state index is 10.4. The molecule has 1 aromatic carbocycles. The zero-order chi connectivity index (χ0) is 10.1. The van der Waals surface area contributed by atoms with Crippen molar-refractivity contribution in [1.29, 1.82) is 0 Å². The number of carboxylic acid groups (broad SMARTS) is 1. The molecule has 0 atom stereocenters. The zero-order valence-corrected chi connectivity index (χ0v) is 8.00. The molecule has 0 unspecified atom stereocenters. The summed E-state index contributed by atoms with van der Waals surface area (Å²) in [6.07, 6.45) is -0.0693. The molecule has 1 heterocycles. The van der Waals surface area contributed by atoms with Crippen molar-refractivity contribution in [2.24, 2.45) is 0 Å². The van der Waals surface area contributed by atoms with E-state index in [0.717, 1.165) is 15.0 Å². The second-order valence-corrected chi connectivity index (χ2v) is 4.15. The Hall–Kier alpha value is -1.55. The molecule has 0 saturated heterocycles. The molecule has 0 spiro atoms. The van der Waals surface area contributed by atoms with Crippen molar-refractivity contribution in [3.63, 3.8) is 0 Å². The lowest BCUT2D eigenvalue weighted by atomic mass is 10.2. The average molecular weight is 207 g/mol. The van der Waals surface area contributed by atoms with Gasteiger partial charge in [0, 0.05) is 22.0 Å². The van der Waals surface area contributed by atoms with E-state index in [-0.39, 0.29) is 12.2 Å². The average Bonchev–Trinajstić information content (AvgIpc) is 2.44. The van der Waals surface area contributed by atoms with Crippen LogP contribution in [0.2, 0.25) is 0 Å². The maximum absolute atomic E-state index is 10.4. The number of phenolic OH excluding ortho intramolecular Hbond substituents is 1. The summed E-state index contributed by atoms with van der Waals surface area (Å²) in [5.41, 5.74) is 0. The smallest absolute Gasteiger partial charge is 0.116 e. The first-order valence-electron chi connectivity index (χ1n) is 4.06. The summed E-state index contributed by atoms with van der Waals surface area (Å²) >= 11 is 1.40. The molecule has 0 aliphatic carbocycles. The van der Waals surface area contributed by atoms with Crippen LogP contribution in [0.5, 0.6) is 5.75 Å². The fourth-order valence-corrected chi connectivity index (χ4v) is 2.35. The van der Waals surface area contributed by atoms with Gasteiger partial charge in [-0.15, -0.1) is 11.3 Å². The fraction of sp³-hybridized carbons (Fsp3) is 0.100. The second kappa shape index (κ2) is 3.31.